The topological polar surface area (TPSA) is 24.1 Å². The molecule has 0 amide bonds. The van der Waals surface area contributed by atoms with E-state index in [0.29, 0.717) is 0 Å². The van der Waals surface area contributed by atoms with Gasteiger partial charge in [0.15, 0.2) is 0 Å². The summed E-state index contributed by atoms with van der Waals surface area (Å²) in [5.74, 6) is 3.29. The standard InChI is InChI=1S/C17H30N2/c1-16(2)11-18-15(10-19-16)9-17-6-12-3-13(7-17)5-14(4-12)8-17/h12-15,18-19H,3-11H2,1-2H3. The lowest BCUT2D eigenvalue weighted by atomic mass is 9.48. The van der Waals surface area contributed by atoms with E-state index in [4.69, 9.17) is 0 Å². The van der Waals surface area contributed by atoms with Crippen LogP contribution in [0.15, 0.2) is 0 Å². The second-order valence-corrected chi connectivity index (χ2v) is 8.96. The van der Waals surface area contributed by atoms with Gasteiger partial charge in [-0.1, -0.05) is 0 Å². The van der Waals surface area contributed by atoms with Crippen LogP contribution in [0.5, 0.6) is 0 Å². The molecule has 2 nitrogen and oxygen atoms in total. The summed E-state index contributed by atoms with van der Waals surface area (Å²) in [6.07, 6.45) is 10.8. The minimum absolute atomic E-state index is 0.290. The molecule has 2 heteroatoms. The average molecular weight is 262 g/mol. The quantitative estimate of drug-likeness (QED) is 0.799. The van der Waals surface area contributed by atoms with Crippen LogP contribution in [0, 0.1) is 23.2 Å². The van der Waals surface area contributed by atoms with Crippen molar-refractivity contribution in [1.29, 1.82) is 0 Å². The van der Waals surface area contributed by atoms with Crippen molar-refractivity contribution in [2.24, 2.45) is 23.2 Å². The number of hydrogen-bond acceptors (Lipinski definition) is 2. The summed E-state index contributed by atoms with van der Waals surface area (Å²) in [6, 6.07) is 0.726. The molecule has 0 aromatic carbocycles. The van der Waals surface area contributed by atoms with Crippen molar-refractivity contribution >= 4 is 0 Å². The van der Waals surface area contributed by atoms with Crippen LogP contribution in [-0.4, -0.2) is 24.7 Å². The summed E-state index contributed by atoms with van der Waals surface area (Å²) >= 11 is 0. The molecule has 0 aromatic heterocycles. The van der Waals surface area contributed by atoms with Crippen LogP contribution in [0.25, 0.3) is 0 Å². The van der Waals surface area contributed by atoms with Gasteiger partial charge in [-0.15, -0.1) is 0 Å². The summed E-state index contributed by atoms with van der Waals surface area (Å²) in [5, 5.41) is 7.55. The third kappa shape index (κ3) is 2.35. The van der Waals surface area contributed by atoms with Crippen molar-refractivity contribution < 1.29 is 0 Å². The van der Waals surface area contributed by atoms with Gasteiger partial charge in [-0.05, 0) is 82.0 Å². The molecule has 1 saturated heterocycles. The highest BCUT2D eigenvalue weighted by atomic mass is 15.1. The van der Waals surface area contributed by atoms with Crippen LogP contribution in [0.3, 0.4) is 0 Å². The van der Waals surface area contributed by atoms with Crippen LogP contribution < -0.4 is 10.6 Å². The Labute approximate surface area is 118 Å². The molecule has 0 radical (unpaired) electrons. The largest absolute Gasteiger partial charge is 0.311 e. The summed E-state index contributed by atoms with van der Waals surface area (Å²) in [5.41, 5.74) is 1.02. The Hall–Kier alpha value is -0.0800. The van der Waals surface area contributed by atoms with Gasteiger partial charge in [0.05, 0.1) is 0 Å². The molecule has 1 heterocycles. The van der Waals surface area contributed by atoms with E-state index in [1.807, 2.05) is 0 Å². The molecule has 108 valence electrons. The van der Waals surface area contributed by atoms with Crippen LogP contribution in [-0.2, 0) is 0 Å². The Morgan fingerprint density at radius 2 is 1.53 bits per heavy atom. The first kappa shape index (κ1) is 12.6. The van der Waals surface area contributed by atoms with Crippen molar-refractivity contribution in [2.75, 3.05) is 13.1 Å². The monoisotopic (exact) mass is 262 g/mol. The Morgan fingerprint density at radius 1 is 0.947 bits per heavy atom. The van der Waals surface area contributed by atoms with Gasteiger partial charge in [0.2, 0.25) is 0 Å². The van der Waals surface area contributed by atoms with Crippen molar-refractivity contribution in [3.05, 3.63) is 0 Å². The minimum atomic E-state index is 0.290. The molecular weight excluding hydrogens is 232 g/mol. The first-order valence-electron chi connectivity index (χ1n) is 8.50. The SMILES string of the molecule is CC1(C)CNC(CC23CC4CC(CC(C4)C2)C3)CN1. The maximum Gasteiger partial charge on any atom is 0.0250 e. The first-order valence-corrected chi connectivity index (χ1v) is 8.50. The lowest BCUT2D eigenvalue weighted by Crippen LogP contribution is -2.61. The fraction of sp³-hybridized carbons (Fsp3) is 1.00. The van der Waals surface area contributed by atoms with Crippen LogP contribution in [0.2, 0.25) is 0 Å². The number of hydrogen-bond donors (Lipinski definition) is 2. The van der Waals surface area contributed by atoms with Gasteiger partial charge in [0.1, 0.15) is 0 Å². The number of piperazine rings is 1. The summed E-state index contributed by atoms with van der Waals surface area (Å²) in [6.45, 7) is 6.92. The fourth-order valence-corrected chi connectivity index (χ4v) is 6.14. The third-order valence-corrected chi connectivity index (χ3v) is 6.50. The van der Waals surface area contributed by atoms with E-state index in [1.54, 1.807) is 38.5 Å². The molecule has 0 spiro atoms. The van der Waals surface area contributed by atoms with E-state index in [2.05, 4.69) is 24.5 Å². The smallest absolute Gasteiger partial charge is 0.0250 e. The lowest BCUT2D eigenvalue weighted by molar-refractivity contribution is -0.0633. The zero-order valence-electron chi connectivity index (χ0n) is 12.7. The molecule has 2 N–H and O–H groups in total. The van der Waals surface area contributed by atoms with Gasteiger partial charge in [0.25, 0.3) is 0 Å². The molecule has 5 aliphatic rings. The summed E-state index contributed by atoms with van der Waals surface area (Å²) < 4.78 is 0. The van der Waals surface area contributed by atoms with Gasteiger partial charge in [0, 0.05) is 24.7 Å². The maximum atomic E-state index is 3.82. The Bertz CT molecular complexity index is 315. The molecule has 5 rings (SSSR count). The number of rotatable bonds is 2. The van der Waals surface area contributed by atoms with Gasteiger partial charge < -0.3 is 10.6 Å². The zero-order valence-corrected chi connectivity index (χ0v) is 12.7. The third-order valence-electron chi connectivity index (χ3n) is 6.50. The Morgan fingerprint density at radius 3 is 2.00 bits per heavy atom. The van der Waals surface area contributed by atoms with Gasteiger partial charge >= 0.3 is 0 Å². The van der Waals surface area contributed by atoms with Crippen LogP contribution in [0.1, 0.15) is 58.8 Å². The maximum absolute atomic E-state index is 3.82. The highest BCUT2D eigenvalue weighted by Crippen LogP contribution is 2.61. The van der Waals surface area contributed by atoms with E-state index in [9.17, 15) is 0 Å². The van der Waals surface area contributed by atoms with Crippen molar-refractivity contribution in [3.8, 4) is 0 Å². The second-order valence-electron chi connectivity index (χ2n) is 8.96. The first-order chi connectivity index (χ1) is 9.02. The van der Waals surface area contributed by atoms with E-state index >= 15 is 0 Å². The van der Waals surface area contributed by atoms with Crippen molar-refractivity contribution in [3.63, 3.8) is 0 Å². The highest BCUT2D eigenvalue weighted by molar-refractivity contribution is 5.03. The molecule has 5 fully saturated rings. The predicted molar refractivity (Wildman–Crippen MR) is 79.1 cm³/mol. The molecule has 4 bridgehead atoms. The van der Waals surface area contributed by atoms with Gasteiger partial charge in [-0.25, -0.2) is 0 Å². The summed E-state index contributed by atoms with van der Waals surface area (Å²) in [7, 11) is 0. The molecular formula is C17H30N2. The van der Waals surface area contributed by atoms with E-state index in [-0.39, 0.29) is 5.54 Å². The van der Waals surface area contributed by atoms with Crippen LogP contribution >= 0.6 is 0 Å². The Kier molecular flexibility index (Phi) is 2.80. The molecule has 4 saturated carbocycles. The highest BCUT2D eigenvalue weighted by Gasteiger charge is 2.51. The Balaban J connectivity index is 1.43. The molecule has 19 heavy (non-hydrogen) atoms. The normalized spacial score (nSPS) is 51.5. The second kappa shape index (κ2) is 4.21. The van der Waals surface area contributed by atoms with Crippen LogP contribution in [0.4, 0.5) is 0 Å². The van der Waals surface area contributed by atoms with E-state index in [0.717, 1.165) is 35.8 Å². The molecule has 1 unspecified atom stereocenters. The van der Waals surface area contributed by atoms with Crippen molar-refractivity contribution in [2.45, 2.75) is 70.4 Å². The number of nitrogens with one attached hydrogen (secondary N) is 2. The molecule has 1 atom stereocenters. The summed E-state index contributed by atoms with van der Waals surface area (Å²) in [4.78, 5) is 0. The predicted octanol–water partition coefficient (Wildman–Crippen LogP) is 2.93. The van der Waals surface area contributed by atoms with Gasteiger partial charge in [-0.2, -0.15) is 0 Å². The molecule has 1 aliphatic heterocycles. The zero-order chi connectivity index (χ0) is 13.1. The average Bonchev–Trinajstić information content (AvgIpc) is 2.30. The lowest BCUT2D eigenvalue weighted by Gasteiger charge is -2.58. The fourth-order valence-electron chi connectivity index (χ4n) is 6.14. The molecule has 0 aromatic rings. The van der Waals surface area contributed by atoms with Crippen molar-refractivity contribution in [1.82, 2.24) is 10.6 Å². The van der Waals surface area contributed by atoms with E-state index < -0.39 is 0 Å². The molecule has 4 aliphatic carbocycles. The van der Waals surface area contributed by atoms with Gasteiger partial charge in [-0.3, -0.25) is 0 Å². The van der Waals surface area contributed by atoms with E-state index in [1.165, 1.54) is 13.0 Å². The minimum Gasteiger partial charge on any atom is -0.311 e.